The fourth-order valence-electron chi connectivity index (χ4n) is 3.44. The summed E-state index contributed by atoms with van der Waals surface area (Å²) in [5, 5.41) is 2.80. The second-order valence-electron chi connectivity index (χ2n) is 7.85. The maximum Gasteiger partial charge on any atom is 0.344 e. The highest BCUT2D eigenvalue weighted by molar-refractivity contribution is 5.95. The standard InChI is InChI=1S/C24H28N2O5/c1-16-7-8-17(2)21(11-16)25-22(27)13-26(3)23(28)14-31-24(29)15-30-20-10-9-18-5-4-6-19(18)12-20/h7-12H,4-6,13-15H2,1-3H3,(H,25,27). The lowest BCUT2D eigenvalue weighted by Gasteiger charge is -2.17. The molecular formula is C24H28N2O5. The van der Waals surface area contributed by atoms with Crippen molar-refractivity contribution in [3.05, 3.63) is 58.7 Å². The van der Waals surface area contributed by atoms with Crippen molar-refractivity contribution in [3.63, 3.8) is 0 Å². The van der Waals surface area contributed by atoms with E-state index in [-0.39, 0.29) is 19.1 Å². The third kappa shape index (κ3) is 6.31. The molecule has 2 aromatic carbocycles. The third-order valence-electron chi connectivity index (χ3n) is 5.26. The van der Waals surface area contributed by atoms with Gasteiger partial charge in [0.1, 0.15) is 5.75 Å². The molecule has 7 nitrogen and oxygen atoms in total. The Kier molecular flexibility index (Phi) is 7.28. The van der Waals surface area contributed by atoms with Crippen LogP contribution in [0, 0.1) is 13.8 Å². The van der Waals surface area contributed by atoms with Crippen molar-refractivity contribution in [1.29, 1.82) is 0 Å². The van der Waals surface area contributed by atoms with Gasteiger partial charge >= 0.3 is 5.97 Å². The highest BCUT2D eigenvalue weighted by atomic mass is 16.6. The van der Waals surface area contributed by atoms with Crippen LogP contribution >= 0.6 is 0 Å². The van der Waals surface area contributed by atoms with Crippen LogP contribution in [0.15, 0.2) is 36.4 Å². The molecule has 0 bridgehead atoms. The fourth-order valence-corrected chi connectivity index (χ4v) is 3.44. The average Bonchev–Trinajstić information content (AvgIpc) is 3.20. The summed E-state index contributed by atoms with van der Waals surface area (Å²) in [5.41, 5.74) is 5.25. The maximum absolute atomic E-state index is 12.2. The fraction of sp³-hybridized carbons (Fsp3) is 0.375. The number of likely N-dealkylation sites (N-methyl/N-ethyl adjacent to an activating group) is 1. The highest BCUT2D eigenvalue weighted by Gasteiger charge is 2.17. The number of aryl methyl sites for hydroxylation is 4. The second-order valence-corrected chi connectivity index (χ2v) is 7.85. The molecule has 0 saturated carbocycles. The van der Waals surface area contributed by atoms with Crippen LogP contribution in [0.3, 0.4) is 0 Å². The third-order valence-corrected chi connectivity index (χ3v) is 5.26. The van der Waals surface area contributed by atoms with Gasteiger partial charge in [-0.05, 0) is 73.6 Å². The van der Waals surface area contributed by atoms with E-state index in [1.807, 2.05) is 50.2 Å². The molecule has 1 N–H and O–H groups in total. The second kappa shape index (κ2) is 10.1. The molecule has 0 atom stereocenters. The van der Waals surface area contributed by atoms with Crippen LogP contribution in [-0.2, 0) is 32.0 Å². The number of hydrogen-bond acceptors (Lipinski definition) is 5. The van der Waals surface area contributed by atoms with E-state index < -0.39 is 18.5 Å². The minimum Gasteiger partial charge on any atom is -0.482 e. The predicted octanol–water partition coefficient (Wildman–Crippen LogP) is 2.81. The Hall–Kier alpha value is -3.35. The van der Waals surface area contributed by atoms with Gasteiger partial charge in [0.25, 0.3) is 5.91 Å². The normalized spacial score (nSPS) is 12.1. The van der Waals surface area contributed by atoms with Gasteiger partial charge in [-0.25, -0.2) is 4.79 Å². The Bertz CT molecular complexity index is 986. The first-order chi connectivity index (χ1) is 14.8. The van der Waals surface area contributed by atoms with Gasteiger partial charge in [0, 0.05) is 12.7 Å². The number of carbonyl (C=O) groups excluding carboxylic acids is 3. The summed E-state index contributed by atoms with van der Waals surface area (Å²) >= 11 is 0. The van der Waals surface area contributed by atoms with E-state index in [4.69, 9.17) is 9.47 Å². The Balaban J connectivity index is 1.39. The lowest BCUT2D eigenvalue weighted by molar-refractivity contribution is -0.153. The van der Waals surface area contributed by atoms with Crippen molar-refractivity contribution in [1.82, 2.24) is 4.90 Å². The number of nitrogens with zero attached hydrogens (tertiary/aromatic N) is 1. The number of anilines is 1. The smallest absolute Gasteiger partial charge is 0.344 e. The number of carbonyl (C=O) groups is 3. The molecule has 0 fully saturated rings. The van der Waals surface area contributed by atoms with Gasteiger partial charge in [-0.3, -0.25) is 9.59 Å². The first-order valence-electron chi connectivity index (χ1n) is 10.3. The first-order valence-corrected chi connectivity index (χ1v) is 10.3. The van der Waals surface area contributed by atoms with Crippen LogP contribution in [-0.4, -0.2) is 49.5 Å². The molecule has 7 heteroatoms. The van der Waals surface area contributed by atoms with Gasteiger partial charge in [0.15, 0.2) is 13.2 Å². The minimum absolute atomic E-state index is 0.143. The summed E-state index contributed by atoms with van der Waals surface area (Å²) in [5.74, 6) is -0.816. The van der Waals surface area contributed by atoms with Gasteiger partial charge in [-0.1, -0.05) is 18.2 Å². The van der Waals surface area contributed by atoms with Crippen molar-refractivity contribution in [2.75, 3.05) is 32.1 Å². The first kappa shape index (κ1) is 22.3. The molecule has 2 aromatic rings. The van der Waals surface area contributed by atoms with E-state index in [0.29, 0.717) is 11.4 Å². The highest BCUT2D eigenvalue weighted by Crippen LogP contribution is 2.26. The molecule has 31 heavy (non-hydrogen) atoms. The quantitative estimate of drug-likeness (QED) is 0.659. The number of hydrogen-bond donors (Lipinski definition) is 1. The number of amides is 2. The lowest BCUT2D eigenvalue weighted by Crippen LogP contribution is -2.37. The van der Waals surface area contributed by atoms with Gasteiger partial charge in [0.2, 0.25) is 5.91 Å². The maximum atomic E-state index is 12.2. The molecule has 0 saturated heterocycles. The SMILES string of the molecule is Cc1ccc(C)c(NC(=O)CN(C)C(=O)COC(=O)COc2ccc3c(c2)CCC3)c1. The van der Waals surface area contributed by atoms with E-state index >= 15 is 0 Å². The predicted molar refractivity (Wildman–Crippen MR) is 117 cm³/mol. The average molecular weight is 424 g/mol. The number of benzene rings is 2. The number of ether oxygens (including phenoxy) is 2. The summed E-state index contributed by atoms with van der Waals surface area (Å²) in [4.78, 5) is 37.6. The van der Waals surface area contributed by atoms with Crippen LogP contribution in [0.5, 0.6) is 5.75 Å². The molecule has 1 aliphatic carbocycles. The van der Waals surface area contributed by atoms with Gasteiger partial charge in [0.05, 0.1) is 6.54 Å². The largest absolute Gasteiger partial charge is 0.482 e. The topological polar surface area (TPSA) is 84.9 Å². The molecule has 0 aliphatic heterocycles. The molecular weight excluding hydrogens is 396 g/mol. The van der Waals surface area contributed by atoms with Crippen LogP contribution < -0.4 is 10.1 Å². The minimum atomic E-state index is -0.637. The summed E-state index contributed by atoms with van der Waals surface area (Å²) in [7, 11) is 1.49. The van der Waals surface area contributed by atoms with Crippen molar-refractivity contribution in [2.45, 2.75) is 33.1 Å². The number of nitrogens with one attached hydrogen (secondary N) is 1. The summed E-state index contributed by atoms with van der Waals surface area (Å²) < 4.78 is 10.5. The lowest BCUT2D eigenvalue weighted by atomic mass is 10.1. The monoisotopic (exact) mass is 424 g/mol. The van der Waals surface area contributed by atoms with Crippen LogP contribution in [0.25, 0.3) is 0 Å². The van der Waals surface area contributed by atoms with E-state index in [1.165, 1.54) is 23.1 Å². The van der Waals surface area contributed by atoms with Gasteiger partial charge < -0.3 is 19.7 Å². The molecule has 0 spiro atoms. The molecule has 1 aliphatic rings. The van der Waals surface area contributed by atoms with Crippen LogP contribution in [0.4, 0.5) is 5.69 Å². The van der Waals surface area contributed by atoms with Crippen molar-refractivity contribution >= 4 is 23.5 Å². The van der Waals surface area contributed by atoms with E-state index in [2.05, 4.69) is 5.32 Å². The van der Waals surface area contributed by atoms with Crippen molar-refractivity contribution in [2.24, 2.45) is 0 Å². The number of fused-ring (bicyclic) bond motifs is 1. The molecule has 164 valence electrons. The Labute approximate surface area is 182 Å². The molecule has 0 aromatic heterocycles. The van der Waals surface area contributed by atoms with Gasteiger partial charge in [-0.15, -0.1) is 0 Å². The van der Waals surface area contributed by atoms with Crippen molar-refractivity contribution < 1.29 is 23.9 Å². The zero-order valence-electron chi connectivity index (χ0n) is 18.2. The van der Waals surface area contributed by atoms with Crippen LogP contribution in [0.1, 0.15) is 28.7 Å². The molecule has 3 rings (SSSR count). The van der Waals surface area contributed by atoms with E-state index in [1.54, 1.807) is 0 Å². The summed E-state index contributed by atoms with van der Waals surface area (Å²) in [6.45, 7) is 2.97. The van der Waals surface area contributed by atoms with Crippen molar-refractivity contribution in [3.8, 4) is 5.75 Å². The number of esters is 1. The van der Waals surface area contributed by atoms with E-state index in [0.717, 1.165) is 30.4 Å². The Morgan fingerprint density at radius 2 is 1.77 bits per heavy atom. The van der Waals surface area contributed by atoms with Crippen LogP contribution in [0.2, 0.25) is 0 Å². The zero-order chi connectivity index (χ0) is 22.4. The molecule has 0 unspecified atom stereocenters. The molecule has 0 radical (unpaired) electrons. The number of rotatable bonds is 8. The Morgan fingerprint density at radius 3 is 2.58 bits per heavy atom. The van der Waals surface area contributed by atoms with E-state index in [9.17, 15) is 14.4 Å². The summed E-state index contributed by atoms with van der Waals surface area (Å²) in [6.07, 6.45) is 3.24. The zero-order valence-corrected chi connectivity index (χ0v) is 18.2. The molecule has 0 heterocycles. The summed E-state index contributed by atoms with van der Waals surface area (Å²) in [6, 6.07) is 11.6. The Morgan fingerprint density at radius 1 is 1.00 bits per heavy atom. The molecule has 2 amide bonds. The van der Waals surface area contributed by atoms with Gasteiger partial charge in [-0.2, -0.15) is 0 Å².